The maximum absolute atomic E-state index is 11.9. The predicted octanol–water partition coefficient (Wildman–Crippen LogP) is 1.06. The Morgan fingerprint density at radius 3 is 2.67 bits per heavy atom. The maximum Gasteiger partial charge on any atom is 0.329 e. The van der Waals surface area contributed by atoms with Gasteiger partial charge < -0.3 is 14.9 Å². The first-order chi connectivity index (χ1) is 8.53. The third kappa shape index (κ3) is 2.50. The molecule has 0 spiro atoms. The molecule has 0 saturated carbocycles. The van der Waals surface area contributed by atoms with Crippen molar-refractivity contribution in [2.24, 2.45) is 0 Å². The zero-order valence-corrected chi connectivity index (χ0v) is 10.7. The quantitative estimate of drug-likeness (QED) is 0.853. The smallest absolute Gasteiger partial charge is 0.329 e. The van der Waals surface area contributed by atoms with Gasteiger partial charge >= 0.3 is 5.97 Å². The van der Waals surface area contributed by atoms with E-state index >= 15 is 0 Å². The first-order valence-electron chi connectivity index (χ1n) is 5.60. The molecule has 1 aliphatic rings. The number of aliphatic carboxylic acids is 1. The lowest BCUT2D eigenvalue weighted by molar-refractivity contribution is -0.144. The number of hydrogen-bond acceptors (Lipinski definition) is 5. The van der Waals surface area contributed by atoms with Crippen molar-refractivity contribution in [3.63, 3.8) is 0 Å². The van der Waals surface area contributed by atoms with E-state index in [1.807, 2.05) is 0 Å². The van der Waals surface area contributed by atoms with Crippen LogP contribution >= 0.6 is 11.8 Å². The number of hydrogen-bond donors (Lipinski definition) is 2. The molecule has 18 heavy (non-hydrogen) atoms. The van der Waals surface area contributed by atoms with Crippen molar-refractivity contribution >= 4 is 23.6 Å². The highest BCUT2D eigenvalue weighted by Crippen LogP contribution is 2.27. The Hall–Kier alpha value is -1.50. The van der Waals surface area contributed by atoms with Gasteiger partial charge in [0.2, 0.25) is 5.76 Å². The molecule has 0 unspecified atom stereocenters. The molecule has 1 aromatic rings. The number of rotatable bonds is 3. The lowest BCUT2D eigenvalue weighted by atomic mass is 9.92. The van der Waals surface area contributed by atoms with Gasteiger partial charge in [0.1, 0.15) is 5.54 Å². The standard InChI is InChI=1S/C11H14N2O4S/c1-7-6-8(17-13-7)9(14)12-11(10(15)16)2-4-18-5-3-11/h6H,2-5H2,1H3,(H,12,14)(H,15,16). The summed E-state index contributed by atoms with van der Waals surface area (Å²) in [5.41, 5.74) is -0.591. The average molecular weight is 270 g/mol. The Morgan fingerprint density at radius 1 is 1.50 bits per heavy atom. The summed E-state index contributed by atoms with van der Waals surface area (Å²) in [6, 6.07) is 1.49. The molecule has 0 bridgehead atoms. The van der Waals surface area contributed by atoms with Crippen molar-refractivity contribution in [1.29, 1.82) is 0 Å². The fourth-order valence-corrected chi connectivity index (χ4v) is 3.05. The molecule has 2 heterocycles. The van der Waals surface area contributed by atoms with E-state index in [0.717, 1.165) is 11.5 Å². The van der Waals surface area contributed by atoms with Crippen molar-refractivity contribution in [2.75, 3.05) is 11.5 Å². The molecule has 0 atom stereocenters. The van der Waals surface area contributed by atoms with E-state index in [2.05, 4.69) is 10.5 Å². The first kappa shape index (κ1) is 12.9. The number of amides is 1. The lowest BCUT2D eigenvalue weighted by Crippen LogP contribution is -2.56. The van der Waals surface area contributed by atoms with E-state index in [1.54, 1.807) is 18.7 Å². The van der Waals surface area contributed by atoms with Crippen molar-refractivity contribution in [3.05, 3.63) is 17.5 Å². The number of aryl methyl sites for hydroxylation is 1. The zero-order chi connectivity index (χ0) is 13.2. The minimum atomic E-state index is -1.18. The molecule has 1 saturated heterocycles. The SMILES string of the molecule is Cc1cc(C(=O)NC2(C(=O)O)CCSCC2)on1. The number of nitrogens with zero attached hydrogens (tertiary/aromatic N) is 1. The lowest BCUT2D eigenvalue weighted by Gasteiger charge is -2.33. The normalized spacial score (nSPS) is 18.3. The number of carboxylic acid groups (broad SMARTS) is 1. The summed E-state index contributed by atoms with van der Waals surface area (Å²) in [4.78, 5) is 23.3. The van der Waals surface area contributed by atoms with Crippen LogP contribution in [-0.2, 0) is 4.79 Å². The largest absolute Gasteiger partial charge is 0.480 e. The van der Waals surface area contributed by atoms with Crippen molar-refractivity contribution in [1.82, 2.24) is 10.5 Å². The van der Waals surface area contributed by atoms with Gasteiger partial charge in [-0.3, -0.25) is 4.79 Å². The second kappa shape index (κ2) is 5.01. The first-order valence-corrected chi connectivity index (χ1v) is 6.76. The number of nitrogens with one attached hydrogen (secondary N) is 1. The summed E-state index contributed by atoms with van der Waals surface area (Å²) in [6.07, 6.45) is 0.845. The third-order valence-corrected chi connectivity index (χ3v) is 3.95. The van der Waals surface area contributed by atoms with Crippen molar-refractivity contribution < 1.29 is 19.2 Å². The van der Waals surface area contributed by atoms with Crippen molar-refractivity contribution in [3.8, 4) is 0 Å². The summed E-state index contributed by atoms with van der Waals surface area (Å²) < 4.78 is 4.83. The summed E-state index contributed by atoms with van der Waals surface area (Å²) in [5.74, 6) is -0.0204. The van der Waals surface area contributed by atoms with Crippen LogP contribution < -0.4 is 5.32 Å². The van der Waals surface area contributed by atoms with Crippen LogP contribution in [0.4, 0.5) is 0 Å². The molecule has 0 aliphatic carbocycles. The fraction of sp³-hybridized carbons (Fsp3) is 0.545. The Kier molecular flexibility index (Phi) is 3.60. The van der Waals surface area contributed by atoms with Crippen molar-refractivity contribution in [2.45, 2.75) is 25.3 Å². The molecule has 1 aliphatic heterocycles. The number of carboxylic acids is 1. The van der Waals surface area contributed by atoms with E-state index < -0.39 is 17.4 Å². The molecular weight excluding hydrogens is 256 g/mol. The molecule has 2 N–H and O–H groups in total. The van der Waals surface area contributed by atoms with Gasteiger partial charge in [-0.25, -0.2) is 4.79 Å². The second-order valence-electron chi connectivity index (χ2n) is 4.29. The number of thioether (sulfide) groups is 1. The third-order valence-electron chi connectivity index (χ3n) is 2.96. The molecule has 1 fully saturated rings. The predicted molar refractivity (Wildman–Crippen MR) is 65.6 cm³/mol. The van der Waals surface area contributed by atoms with Crippen LogP contribution in [0.5, 0.6) is 0 Å². The van der Waals surface area contributed by atoms with Gasteiger partial charge in [0.05, 0.1) is 5.69 Å². The van der Waals surface area contributed by atoms with Crippen LogP contribution in [0.25, 0.3) is 0 Å². The molecule has 98 valence electrons. The minimum absolute atomic E-state index is 0.0475. The van der Waals surface area contributed by atoms with Gasteiger partial charge in [-0.15, -0.1) is 0 Å². The summed E-state index contributed by atoms with van der Waals surface area (Å²) in [5, 5.41) is 15.5. The Labute approximate surface area is 108 Å². The van der Waals surface area contributed by atoms with Crippen LogP contribution in [-0.4, -0.2) is 39.2 Å². The van der Waals surface area contributed by atoms with Crippen LogP contribution in [0, 0.1) is 6.92 Å². The molecule has 1 aromatic heterocycles. The van der Waals surface area contributed by atoms with Gasteiger partial charge in [0.15, 0.2) is 0 Å². The van der Waals surface area contributed by atoms with E-state index in [-0.39, 0.29) is 5.76 Å². The van der Waals surface area contributed by atoms with Crippen LogP contribution in [0.2, 0.25) is 0 Å². The van der Waals surface area contributed by atoms with E-state index in [9.17, 15) is 14.7 Å². The summed E-state index contributed by atoms with van der Waals surface area (Å²) >= 11 is 1.69. The number of carbonyl (C=O) groups is 2. The van der Waals surface area contributed by atoms with Crippen LogP contribution in [0.15, 0.2) is 10.6 Å². The van der Waals surface area contributed by atoms with Crippen LogP contribution in [0.3, 0.4) is 0 Å². The molecule has 7 heteroatoms. The molecule has 0 aromatic carbocycles. The molecule has 2 rings (SSSR count). The summed E-state index contributed by atoms with van der Waals surface area (Å²) in [6.45, 7) is 1.70. The van der Waals surface area contributed by atoms with Gasteiger partial charge in [-0.05, 0) is 31.3 Å². The monoisotopic (exact) mass is 270 g/mol. The number of carbonyl (C=O) groups excluding carboxylic acids is 1. The topological polar surface area (TPSA) is 92.4 Å². The average Bonchev–Trinajstić information content (AvgIpc) is 2.77. The highest BCUT2D eigenvalue weighted by atomic mass is 32.2. The molecular formula is C11H14N2O4S. The molecule has 0 radical (unpaired) electrons. The number of aromatic nitrogens is 1. The van der Waals surface area contributed by atoms with E-state index in [4.69, 9.17) is 4.52 Å². The fourth-order valence-electron chi connectivity index (χ4n) is 1.86. The van der Waals surface area contributed by atoms with Crippen LogP contribution in [0.1, 0.15) is 29.1 Å². The Morgan fingerprint density at radius 2 is 2.17 bits per heavy atom. The van der Waals surface area contributed by atoms with Gasteiger partial charge in [0.25, 0.3) is 5.91 Å². The highest BCUT2D eigenvalue weighted by Gasteiger charge is 2.41. The highest BCUT2D eigenvalue weighted by molar-refractivity contribution is 7.99. The Bertz CT molecular complexity index is 465. The van der Waals surface area contributed by atoms with E-state index in [1.165, 1.54) is 6.07 Å². The molecule has 1 amide bonds. The molecule has 6 nitrogen and oxygen atoms in total. The van der Waals surface area contributed by atoms with E-state index in [0.29, 0.717) is 18.5 Å². The van der Waals surface area contributed by atoms with Gasteiger partial charge in [0, 0.05) is 6.07 Å². The second-order valence-corrected chi connectivity index (χ2v) is 5.51. The Balaban J connectivity index is 2.14. The maximum atomic E-state index is 11.9. The zero-order valence-electron chi connectivity index (χ0n) is 9.93. The minimum Gasteiger partial charge on any atom is -0.480 e. The van der Waals surface area contributed by atoms with Gasteiger partial charge in [-0.2, -0.15) is 11.8 Å². The van der Waals surface area contributed by atoms with Gasteiger partial charge in [-0.1, -0.05) is 5.16 Å². The summed E-state index contributed by atoms with van der Waals surface area (Å²) in [7, 11) is 0.